The Bertz CT molecular complexity index is 810. The molecule has 1 aliphatic carbocycles. The number of allylic oxidation sites excluding steroid dienone is 1. The lowest BCUT2D eigenvalue weighted by Crippen LogP contribution is -2.07. The van der Waals surface area contributed by atoms with Crippen LogP contribution in [0, 0.1) is 5.82 Å². The quantitative estimate of drug-likeness (QED) is 0.603. The average molecular weight is 352 g/mol. The largest absolute Gasteiger partial charge is 0.465 e. The predicted molar refractivity (Wildman–Crippen MR) is 87.4 cm³/mol. The topological polar surface area (TPSA) is 39.2 Å². The van der Waals surface area contributed by atoms with Gasteiger partial charge < -0.3 is 4.74 Å². The molecule has 6 heteroatoms. The molecule has 118 valence electrons. The molecule has 1 aliphatic rings. The lowest BCUT2D eigenvalue weighted by molar-refractivity contribution is 0.0599. The zero-order chi connectivity index (χ0) is 16.6. The Kier molecular flexibility index (Phi) is 4.37. The summed E-state index contributed by atoms with van der Waals surface area (Å²) in [6.45, 7) is 0. The molecule has 0 saturated carbocycles. The number of fused-ring (bicyclic) bond motifs is 1. The summed E-state index contributed by atoms with van der Waals surface area (Å²) in [5.74, 6) is -0.933. The van der Waals surface area contributed by atoms with Crippen LogP contribution in [0.15, 0.2) is 30.0 Å². The number of rotatable bonds is 3. The summed E-state index contributed by atoms with van der Waals surface area (Å²) in [4.78, 5) is 16.1. The fraction of sp³-hybridized carbons (Fsp3) is 0.176. The molecule has 0 radical (unpaired) electrons. The Morgan fingerprint density at radius 3 is 2.87 bits per heavy atom. The average Bonchev–Trinajstić information content (AvgIpc) is 2.93. The van der Waals surface area contributed by atoms with Crippen molar-refractivity contribution < 1.29 is 13.9 Å². The van der Waals surface area contributed by atoms with Crippen LogP contribution in [-0.4, -0.2) is 18.1 Å². The summed E-state index contributed by atoms with van der Waals surface area (Å²) in [5.41, 5.74) is 3.81. The van der Waals surface area contributed by atoms with Gasteiger partial charge in [0.25, 0.3) is 0 Å². The maximum atomic E-state index is 13.7. The number of ether oxygens (including phenoxy) is 1. The standard InChI is InChI=1S/C17H12Cl2FNO2/c1-23-17(22)11-2-3-21-15-8-9(5-12(11)15)4-10-6-13(18)16(19)14(20)7-10/h2-3,6-8H,4-5H2,1H3. The van der Waals surface area contributed by atoms with E-state index in [-0.39, 0.29) is 16.0 Å². The molecule has 0 N–H and O–H groups in total. The molecule has 1 heterocycles. The normalized spacial score (nSPS) is 12.8. The highest BCUT2D eigenvalue weighted by Gasteiger charge is 2.22. The molecule has 3 rings (SSSR count). The van der Waals surface area contributed by atoms with Crippen LogP contribution < -0.4 is 0 Å². The summed E-state index contributed by atoms with van der Waals surface area (Å²) in [5, 5.41) is 0.111. The van der Waals surface area contributed by atoms with Crippen LogP contribution in [0.4, 0.5) is 4.39 Å². The van der Waals surface area contributed by atoms with Crippen LogP contribution >= 0.6 is 23.2 Å². The SMILES string of the molecule is COC(=O)c1ccnc2c1CC(Cc1cc(F)c(Cl)c(Cl)c1)=C2. The van der Waals surface area contributed by atoms with Crippen molar-refractivity contribution in [1.82, 2.24) is 4.98 Å². The summed E-state index contributed by atoms with van der Waals surface area (Å²) in [6, 6.07) is 4.65. The van der Waals surface area contributed by atoms with Crippen LogP contribution in [-0.2, 0) is 17.6 Å². The van der Waals surface area contributed by atoms with Gasteiger partial charge in [-0.1, -0.05) is 28.8 Å². The zero-order valence-corrected chi connectivity index (χ0v) is 13.7. The smallest absolute Gasteiger partial charge is 0.338 e. The predicted octanol–water partition coefficient (Wildman–Crippen LogP) is 4.50. The Labute approximate surface area is 142 Å². The number of carbonyl (C=O) groups is 1. The summed E-state index contributed by atoms with van der Waals surface area (Å²) >= 11 is 11.6. The van der Waals surface area contributed by atoms with Gasteiger partial charge in [0, 0.05) is 6.20 Å². The van der Waals surface area contributed by atoms with Crippen molar-refractivity contribution in [2.45, 2.75) is 12.8 Å². The molecule has 2 aromatic rings. The number of benzene rings is 1. The number of methoxy groups -OCH3 is 1. The molecule has 0 fully saturated rings. The maximum Gasteiger partial charge on any atom is 0.338 e. The molecule has 0 bridgehead atoms. The molecule has 1 aromatic carbocycles. The Balaban J connectivity index is 1.86. The molecule has 0 amide bonds. The molecule has 0 atom stereocenters. The third-order valence-electron chi connectivity index (χ3n) is 3.71. The fourth-order valence-electron chi connectivity index (χ4n) is 2.68. The third kappa shape index (κ3) is 3.09. The first-order valence-corrected chi connectivity index (χ1v) is 7.64. The first-order chi connectivity index (χ1) is 11.0. The van der Waals surface area contributed by atoms with Crippen molar-refractivity contribution in [1.29, 1.82) is 0 Å². The highest BCUT2D eigenvalue weighted by molar-refractivity contribution is 6.42. The van der Waals surface area contributed by atoms with E-state index in [4.69, 9.17) is 27.9 Å². The van der Waals surface area contributed by atoms with Crippen LogP contribution in [0.3, 0.4) is 0 Å². The van der Waals surface area contributed by atoms with Crippen molar-refractivity contribution in [3.63, 3.8) is 0 Å². The van der Waals surface area contributed by atoms with E-state index in [0.717, 1.165) is 22.4 Å². The molecule has 23 heavy (non-hydrogen) atoms. The number of pyridine rings is 1. The van der Waals surface area contributed by atoms with E-state index in [9.17, 15) is 9.18 Å². The molecule has 3 nitrogen and oxygen atoms in total. The number of hydrogen-bond acceptors (Lipinski definition) is 3. The van der Waals surface area contributed by atoms with E-state index in [1.165, 1.54) is 13.2 Å². The maximum absolute atomic E-state index is 13.7. The van der Waals surface area contributed by atoms with Gasteiger partial charge in [0.15, 0.2) is 0 Å². The molecular formula is C17H12Cl2FNO2. The minimum absolute atomic E-state index is 0.0752. The lowest BCUT2D eigenvalue weighted by Gasteiger charge is -2.07. The molecule has 0 saturated heterocycles. The second kappa shape index (κ2) is 6.30. The molecule has 0 aliphatic heterocycles. The Morgan fingerprint density at radius 2 is 2.17 bits per heavy atom. The number of halogens is 3. The second-order valence-corrected chi connectivity index (χ2v) is 6.03. The minimum atomic E-state index is -0.543. The van der Waals surface area contributed by atoms with Gasteiger partial charge in [-0.2, -0.15) is 0 Å². The zero-order valence-electron chi connectivity index (χ0n) is 12.2. The number of carbonyl (C=O) groups excluding carboxylic acids is 1. The van der Waals surface area contributed by atoms with Gasteiger partial charge in [-0.25, -0.2) is 9.18 Å². The first-order valence-electron chi connectivity index (χ1n) is 6.88. The fourth-order valence-corrected chi connectivity index (χ4v) is 3.02. The Morgan fingerprint density at radius 1 is 1.39 bits per heavy atom. The van der Waals surface area contributed by atoms with Gasteiger partial charge in [-0.15, -0.1) is 0 Å². The van der Waals surface area contributed by atoms with Gasteiger partial charge in [-0.05, 0) is 48.2 Å². The molecule has 0 spiro atoms. The van der Waals surface area contributed by atoms with Crippen LogP contribution in [0.2, 0.25) is 10.0 Å². The van der Waals surface area contributed by atoms with Crippen LogP contribution in [0.25, 0.3) is 6.08 Å². The lowest BCUT2D eigenvalue weighted by atomic mass is 10.0. The van der Waals surface area contributed by atoms with E-state index in [1.807, 2.05) is 6.08 Å². The van der Waals surface area contributed by atoms with Crippen molar-refractivity contribution >= 4 is 35.2 Å². The van der Waals surface area contributed by atoms with Crippen LogP contribution in [0.5, 0.6) is 0 Å². The highest BCUT2D eigenvalue weighted by Crippen LogP contribution is 2.31. The van der Waals surface area contributed by atoms with E-state index >= 15 is 0 Å². The minimum Gasteiger partial charge on any atom is -0.465 e. The van der Waals surface area contributed by atoms with Gasteiger partial charge >= 0.3 is 5.97 Å². The summed E-state index contributed by atoms with van der Waals surface area (Å²) in [6.07, 6.45) is 4.55. The molecule has 0 unspecified atom stereocenters. The third-order valence-corrected chi connectivity index (χ3v) is 4.49. The summed E-state index contributed by atoms with van der Waals surface area (Å²) in [7, 11) is 1.34. The Hall–Kier alpha value is -1.91. The van der Waals surface area contributed by atoms with Gasteiger partial charge in [0.1, 0.15) is 5.82 Å². The first kappa shape index (κ1) is 16.0. The van der Waals surface area contributed by atoms with E-state index in [2.05, 4.69) is 4.98 Å². The number of hydrogen-bond donors (Lipinski definition) is 0. The number of esters is 1. The van der Waals surface area contributed by atoms with E-state index < -0.39 is 5.82 Å². The van der Waals surface area contributed by atoms with Gasteiger partial charge in [0.2, 0.25) is 0 Å². The monoisotopic (exact) mass is 351 g/mol. The van der Waals surface area contributed by atoms with E-state index in [0.29, 0.717) is 18.4 Å². The van der Waals surface area contributed by atoms with Crippen LogP contribution in [0.1, 0.15) is 27.2 Å². The van der Waals surface area contributed by atoms with E-state index in [1.54, 1.807) is 18.3 Å². The molecule has 1 aromatic heterocycles. The molecular weight excluding hydrogens is 340 g/mol. The summed E-state index contributed by atoms with van der Waals surface area (Å²) < 4.78 is 18.5. The van der Waals surface area contributed by atoms with Gasteiger partial charge in [-0.3, -0.25) is 4.98 Å². The van der Waals surface area contributed by atoms with Crippen molar-refractivity contribution in [3.8, 4) is 0 Å². The van der Waals surface area contributed by atoms with Gasteiger partial charge in [0.05, 0.1) is 28.4 Å². The second-order valence-electron chi connectivity index (χ2n) is 5.24. The van der Waals surface area contributed by atoms with Crippen molar-refractivity contribution in [2.24, 2.45) is 0 Å². The number of nitrogens with zero attached hydrogens (tertiary/aromatic N) is 1. The van der Waals surface area contributed by atoms with Crippen molar-refractivity contribution in [2.75, 3.05) is 7.11 Å². The highest BCUT2D eigenvalue weighted by atomic mass is 35.5. The van der Waals surface area contributed by atoms with Crippen molar-refractivity contribution in [3.05, 3.63) is 68.2 Å². The number of aromatic nitrogens is 1.